The van der Waals surface area contributed by atoms with Gasteiger partial charge in [-0.3, -0.25) is 0 Å². The van der Waals surface area contributed by atoms with Gasteiger partial charge in [-0.15, -0.1) is 0 Å². The smallest absolute Gasteiger partial charge is 0.309 e. The number of benzene rings is 7. The van der Waals surface area contributed by atoms with E-state index in [-0.39, 0.29) is 22.1 Å². The van der Waals surface area contributed by atoms with Gasteiger partial charge in [-0.2, -0.15) is 50.0 Å². The zero-order valence-electron chi connectivity index (χ0n) is 30.5. The molecule has 0 saturated carbocycles. The molecule has 9 rings (SSSR count). The summed E-state index contributed by atoms with van der Waals surface area (Å²) in [6.07, 6.45) is -14.0. The molecule has 0 N–H and O–H groups in total. The van der Waals surface area contributed by atoms with Crippen LogP contribution in [0.5, 0.6) is 0 Å². The molecule has 13 heteroatoms. The number of aromatic nitrogens is 2. The summed E-state index contributed by atoms with van der Waals surface area (Å²) >= 11 is 0. The topological polar surface area (TPSA) is 57.4 Å². The summed E-state index contributed by atoms with van der Waals surface area (Å²) in [6, 6.07) is 36.7. The van der Waals surface area contributed by atoms with Crippen LogP contribution in [-0.4, -0.2) is 9.13 Å². The molecular weight excluding hydrogens is 792 g/mol. The lowest BCUT2D eigenvalue weighted by atomic mass is 9.93. The average Bonchev–Trinajstić information content (AvgIpc) is 3.74. The number of hydrogen-bond donors (Lipinski definition) is 0. The second kappa shape index (κ2) is 13.5. The van der Waals surface area contributed by atoms with Crippen molar-refractivity contribution < 1.29 is 39.5 Å². The van der Waals surface area contributed by atoms with Crippen molar-refractivity contribution in [3.05, 3.63) is 167 Å². The van der Waals surface area contributed by atoms with E-state index in [9.17, 15) is 50.0 Å². The van der Waals surface area contributed by atoms with Gasteiger partial charge >= 0.3 is 18.5 Å². The first-order chi connectivity index (χ1) is 28.6. The molecule has 294 valence electrons. The Morgan fingerprint density at radius 3 is 1.40 bits per heavy atom. The van der Waals surface area contributed by atoms with Gasteiger partial charge in [0.25, 0.3) is 0 Å². The molecule has 0 radical (unpaired) electrons. The minimum absolute atomic E-state index is 0.146. The third kappa shape index (κ3) is 6.18. The highest BCUT2D eigenvalue weighted by atomic mass is 19.4. The van der Waals surface area contributed by atoms with Gasteiger partial charge in [0.2, 0.25) is 0 Å². The Balaban J connectivity index is 1.40. The molecule has 0 aliphatic rings. The lowest BCUT2D eigenvalue weighted by Gasteiger charge is -2.20. The highest BCUT2D eigenvalue weighted by Gasteiger charge is 2.34. The molecule has 0 aliphatic carbocycles. The number of hydrogen-bond acceptors (Lipinski definition) is 2. The van der Waals surface area contributed by atoms with E-state index >= 15 is 0 Å². The van der Waals surface area contributed by atoms with Crippen LogP contribution in [0.1, 0.15) is 27.8 Å². The van der Waals surface area contributed by atoms with Crippen molar-refractivity contribution in [3.8, 4) is 45.8 Å². The lowest BCUT2D eigenvalue weighted by Crippen LogP contribution is -2.06. The first-order valence-corrected chi connectivity index (χ1v) is 18.1. The van der Waals surface area contributed by atoms with Crippen LogP contribution < -0.4 is 0 Å². The molecule has 0 saturated heterocycles. The minimum Gasteiger partial charge on any atom is -0.309 e. The number of nitriles is 2. The van der Waals surface area contributed by atoms with Crippen LogP contribution >= 0.6 is 0 Å². The van der Waals surface area contributed by atoms with Crippen LogP contribution in [0, 0.1) is 22.7 Å². The Hall–Kier alpha value is -7.51. The van der Waals surface area contributed by atoms with Crippen molar-refractivity contribution in [2.45, 2.75) is 18.5 Å². The fourth-order valence-electron chi connectivity index (χ4n) is 8.01. The van der Waals surface area contributed by atoms with Crippen molar-refractivity contribution >= 4 is 43.6 Å². The standard InChI is InChI=1S/C47H23F9N4/c48-45(49,50)29-11-15-32(28(20-29)25-58)27-10-14-35(44(21-27)60-40-8-4-2-6-34(40)38-23-31(47(54,55)56)13-18-43(38)60)36-19-26(24-57)9-16-41(36)59-39-7-3-1-5-33(39)37-22-30(46(51,52)53)12-17-42(37)59/h1-23H. The van der Waals surface area contributed by atoms with E-state index in [1.807, 2.05) is 6.07 Å². The summed E-state index contributed by atoms with van der Waals surface area (Å²) in [5.41, 5.74) is 0.886. The summed E-state index contributed by atoms with van der Waals surface area (Å²) in [4.78, 5) is 0. The number of para-hydroxylation sites is 2. The van der Waals surface area contributed by atoms with Gasteiger partial charge in [0.15, 0.2) is 0 Å². The molecule has 0 fully saturated rings. The van der Waals surface area contributed by atoms with E-state index < -0.39 is 35.2 Å². The van der Waals surface area contributed by atoms with E-state index in [0.29, 0.717) is 66.3 Å². The summed E-state index contributed by atoms with van der Waals surface area (Å²) in [5, 5.41) is 21.7. The molecule has 60 heavy (non-hydrogen) atoms. The summed E-state index contributed by atoms with van der Waals surface area (Å²) < 4.78 is 129. The molecule has 7 aromatic carbocycles. The Morgan fingerprint density at radius 1 is 0.383 bits per heavy atom. The Morgan fingerprint density at radius 2 is 0.867 bits per heavy atom. The van der Waals surface area contributed by atoms with Crippen LogP contribution in [0.3, 0.4) is 0 Å². The van der Waals surface area contributed by atoms with Crippen LogP contribution in [0.15, 0.2) is 140 Å². The van der Waals surface area contributed by atoms with Gasteiger partial charge in [0.05, 0.1) is 73.4 Å². The first-order valence-electron chi connectivity index (χ1n) is 18.1. The maximum atomic E-state index is 14.1. The molecule has 0 bridgehead atoms. The Kier molecular flexibility index (Phi) is 8.58. The SMILES string of the molecule is N#Cc1ccc(-n2c3ccccc3c3cc(C(F)(F)F)ccc32)c(-c2ccc(-c3ccc(C(F)(F)F)cc3C#N)cc2-n2c3ccccc3c3cc(C(F)(F)F)ccc32)c1. The highest BCUT2D eigenvalue weighted by molar-refractivity contribution is 6.12. The molecule has 0 aliphatic heterocycles. The number of fused-ring (bicyclic) bond motifs is 6. The van der Waals surface area contributed by atoms with Gasteiger partial charge < -0.3 is 9.13 Å². The third-order valence-electron chi connectivity index (χ3n) is 10.7. The quantitative estimate of drug-likeness (QED) is 0.166. The molecule has 0 atom stereocenters. The first kappa shape index (κ1) is 38.0. The fraction of sp³-hybridized carbons (Fsp3) is 0.0638. The molecule has 4 nitrogen and oxygen atoms in total. The van der Waals surface area contributed by atoms with Crippen LogP contribution in [0.4, 0.5) is 39.5 Å². The van der Waals surface area contributed by atoms with E-state index in [1.165, 1.54) is 18.2 Å². The number of halogens is 9. The van der Waals surface area contributed by atoms with Crippen LogP contribution in [0.25, 0.3) is 77.2 Å². The van der Waals surface area contributed by atoms with Crippen LogP contribution in [0.2, 0.25) is 0 Å². The zero-order valence-corrected chi connectivity index (χ0v) is 30.5. The summed E-state index contributed by atoms with van der Waals surface area (Å²) in [5.74, 6) is 0. The van der Waals surface area contributed by atoms with Gasteiger partial charge in [0.1, 0.15) is 0 Å². The second-order valence-corrected chi connectivity index (χ2v) is 14.1. The van der Waals surface area contributed by atoms with Gasteiger partial charge in [-0.05, 0) is 96.1 Å². The minimum atomic E-state index is -4.74. The van der Waals surface area contributed by atoms with Crippen molar-refractivity contribution in [3.63, 3.8) is 0 Å². The maximum absolute atomic E-state index is 14.1. The molecule has 0 unspecified atom stereocenters. The van der Waals surface area contributed by atoms with Gasteiger partial charge in [0, 0.05) is 32.7 Å². The summed E-state index contributed by atoms with van der Waals surface area (Å²) in [6.45, 7) is 0. The Labute approximate surface area is 333 Å². The number of nitrogens with zero attached hydrogens (tertiary/aromatic N) is 4. The fourth-order valence-corrected chi connectivity index (χ4v) is 8.01. The monoisotopic (exact) mass is 814 g/mol. The molecule has 0 spiro atoms. The maximum Gasteiger partial charge on any atom is 0.416 e. The Bertz CT molecular complexity index is 3310. The van der Waals surface area contributed by atoms with Crippen molar-refractivity contribution in [1.29, 1.82) is 10.5 Å². The molecular formula is C47H23F9N4. The predicted molar refractivity (Wildman–Crippen MR) is 210 cm³/mol. The highest BCUT2D eigenvalue weighted by Crippen LogP contribution is 2.45. The third-order valence-corrected chi connectivity index (χ3v) is 10.7. The molecule has 0 amide bonds. The van der Waals surface area contributed by atoms with Crippen molar-refractivity contribution in [2.75, 3.05) is 0 Å². The summed E-state index contributed by atoms with van der Waals surface area (Å²) in [7, 11) is 0. The van der Waals surface area contributed by atoms with Crippen molar-refractivity contribution in [2.24, 2.45) is 0 Å². The largest absolute Gasteiger partial charge is 0.416 e. The predicted octanol–water partition coefficient (Wildman–Crippen LogP) is 14.0. The van der Waals surface area contributed by atoms with E-state index in [2.05, 4.69) is 6.07 Å². The van der Waals surface area contributed by atoms with Gasteiger partial charge in [-0.25, -0.2) is 0 Å². The van der Waals surface area contributed by atoms with Crippen molar-refractivity contribution in [1.82, 2.24) is 9.13 Å². The normalized spacial score (nSPS) is 12.4. The zero-order chi connectivity index (χ0) is 42.3. The molecule has 2 aromatic heterocycles. The van der Waals surface area contributed by atoms with E-state index in [4.69, 9.17) is 0 Å². The number of alkyl halides is 9. The van der Waals surface area contributed by atoms with E-state index in [1.54, 1.807) is 94.1 Å². The van der Waals surface area contributed by atoms with Gasteiger partial charge in [-0.1, -0.05) is 54.6 Å². The molecule has 2 heterocycles. The average molecular weight is 815 g/mol. The lowest BCUT2D eigenvalue weighted by molar-refractivity contribution is -0.138. The second-order valence-electron chi connectivity index (χ2n) is 14.1. The van der Waals surface area contributed by atoms with E-state index in [0.717, 1.165) is 36.4 Å². The van der Waals surface area contributed by atoms with Crippen LogP contribution in [-0.2, 0) is 18.5 Å². The number of rotatable bonds is 4. The molecule has 9 aromatic rings.